The molecule has 3 heteroatoms. The third kappa shape index (κ3) is 2.25. The first-order valence-corrected chi connectivity index (χ1v) is 7.20. The Morgan fingerprint density at radius 1 is 1.35 bits per heavy atom. The van der Waals surface area contributed by atoms with Crippen LogP contribution in [-0.2, 0) is 0 Å². The van der Waals surface area contributed by atoms with E-state index in [0.717, 1.165) is 12.6 Å². The molecule has 3 atom stereocenters. The van der Waals surface area contributed by atoms with E-state index < -0.39 is 0 Å². The van der Waals surface area contributed by atoms with E-state index in [1.54, 1.807) is 0 Å². The highest BCUT2D eigenvalue weighted by atomic mass is 15.3. The molecule has 2 fully saturated rings. The zero-order valence-corrected chi connectivity index (χ0v) is 11.9. The van der Waals surface area contributed by atoms with Gasteiger partial charge in [0.1, 0.15) is 0 Å². The summed E-state index contributed by atoms with van der Waals surface area (Å²) >= 11 is 0. The summed E-state index contributed by atoms with van der Waals surface area (Å²) in [7, 11) is 0. The lowest BCUT2D eigenvalue weighted by Crippen LogP contribution is -2.66. The van der Waals surface area contributed by atoms with Crippen molar-refractivity contribution in [2.24, 2.45) is 11.7 Å². The summed E-state index contributed by atoms with van der Waals surface area (Å²) in [4.78, 5) is 5.36. The van der Waals surface area contributed by atoms with Gasteiger partial charge in [-0.1, -0.05) is 13.8 Å². The Labute approximate surface area is 106 Å². The maximum Gasteiger partial charge on any atom is 0.0330 e. The molecule has 0 saturated carbocycles. The van der Waals surface area contributed by atoms with Crippen LogP contribution in [0.5, 0.6) is 0 Å². The summed E-state index contributed by atoms with van der Waals surface area (Å²) in [5.41, 5.74) is 6.24. The van der Waals surface area contributed by atoms with Crippen LogP contribution in [0, 0.1) is 5.92 Å². The van der Waals surface area contributed by atoms with Gasteiger partial charge in [-0.2, -0.15) is 0 Å². The highest BCUT2D eigenvalue weighted by Gasteiger charge is 2.43. The van der Waals surface area contributed by atoms with Gasteiger partial charge in [-0.15, -0.1) is 0 Å². The van der Waals surface area contributed by atoms with Gasteiger partial charge in [0.2, 0.25) is 0 Å². The number of nitrogens with two attached hydrogens (primary N) is 1. The molecule has 0 aromatic carbocycles. The third-order valence-electron chi connectivity index (χ3n) is 5.25. The number of hydrogen-bond acceptors (Lipinski definition) is 3. The van der Waals surface area contributed by atoms with E-state index in [9.17, 15) is 0 Å². The molecule has 0 spiro atoms. The van der Waals surface area contributed by atoms with Crippen LogP contribution in [0.1, 0.15) is 40.5 Å². The Kier molecular flexibility index (Phi) is 3.81. The number of hydrogen-bond donors (Lipinski definition) is 1. The van der Waals surface area contributed by atoms with E-state index in [4.69, 9.17) is 5.73 Å². The van der Waals surface area contributed by atoms with Crippen LogP contribution in [-0.4, -0.2) is 53.6 Å². The van der Waals surface area contributed by atoms with Gasteiger partial charge in [0.25, 0.3) is 0 Å². The van der Waals surface area contributed by atoms with E-state index >= 15 is 0 Å². The van der Waals surface area contributed by atoms with Crippen molar-refractivity contribution in [3.63, 3.8) is 0 Å². The van der Waals surface area contributed by atoms with Crippen molar-refractivity contribution in [3.05, 3.63) is 0 Å². The smallest absolute Gasteiger partial charge is 0.0330 e. The highest BCUT2D eigenvalue weighted by molar-refractivity contribution is 4.99. The molecule has 0 radical (unpaired) electrons. The second-order valence-electron chi connectivity index (χ2n) is 6.51. The summed E-state index contributed by atoms with van der Waals surface area (Å²) in [5, 5.41) is 0. The summed E-state index contributed by atoms with van der Waals surface area (Å²) < 4.78 is 0. The molecule has 3 nitrogen and oxygen atoms in total. The topological polar surface area (TPSA) is 32.5 Å². The Morgan fingerprint density at radius 3 is 2.65 bits per heavy atom. The zero-order chi connectivity index (χ0) is 12.6. The number of fused-ring (bicyclic) bond motifs is 1. The largest absolute Gasteiger partial charge is 0.329 e. The molecule has 0 aromatic heterocycles. The molecule has 2 heterocycles. The fourth-order valence-electron chi connectivity index (χ4n) is 3.58. The van der Waals surface area contributed by atoms with Gasteiger partial charge in [-0.3, -0.25) is 9.80 Å². The van der Waals surface area contributed by atoms with Gasteiger partial charge in [0.15, 0.2) is 0 Å². The van der Waals surface area contributed by atoms with E-state index in [-0.39, 0.29) is 5.54 Å². The van der Waals surface area contributed by atoms with Crippen LogP contribution in [0.25, 0.3) is 0 Å². The van der Waals surface area contributed by atoms with E-state index in [1.807, 2.05) is 0 Å². The Hall–Kier alpha value is -0.120. The van der Waals surface area contributed by atoms with Gasteiger partial charge in [-0.25, -0.2) is 0 Å². The minimum atomic E-state index is 0.161. The first kappa shape index (κ1) is 13.3. The molecule has 0 aliphatic carbocycles. The van der Waals surface area contributed by atoms with E-state index in [0.29, 0.717) is 12.0 Å². The fraction of sp³-hybridized carbons (Fsp3) is 1.00. The lowest BCUT2D eigenvalue weighted by molar-refractivity contribution is -0.0332. The third-order valence-corrected chi connectivity index (χ3v) is 5.25. The quantitative estimate of drug-likeness (QED) is 0.810. The molecular weight excluding hydrogens is 210 g/mol. The van der Waals surface area contributed by atoms with E-state index in [2.05, 4.69) is 37.5 Å². The van der Waals surface area contributed by atoms with Crippen molar-refractivity contribution in [2.75, 3.05) is 26.2 Å². The summed E-state index contributed by atoms with van der Waals surface area (Å²) in [5.74, 6) is 0.614. The molecule has 3 unspecified atom stereocenters. The van der Waals surface area contributed by atoms with Gasteiger partial charge >= 0.3 is 0 Å². The predicted octanol–water partition coefficient (Wildman–Crippen LogP) is 1.53. The molecule has 2 aliphatic heterocycles. The van der Waals surface area contributed by atoms with Crippen molar-refractivity contribution >= 4 is 0 Å². The van der Waals surface area contributed by atoms with Crippen molar-refractivity contribution < 1.29 is 0 Å². The van der Waals surface area contributed by atoms with E-state index in [1.165, 1.54) is 32.5 Å². The summed E-state index contributed by atoms with van der Waals surface area (Å²) in [6.07, 6.45) is 2.76. The molecule has 0 aromatic rings. The lowest BCUT2D eigenvalue weighted by atomic mass is 9.84. The minimum absolute atomic E-state index is 0.161. The Morgan fingerprint density at radius 2 is 2.06 bits per heavy atom. The van der Waals surface area contributed by atoms with Gasteiger partial charge in [0, 0.05) is 37.3 Å². The molecule has 17 heavy (non-hydrogen) atoms. The molecule has 0 amide bonds. The monoisotopic (exact) mass is 239 g/mol. The molecule has 2 saturated heterocycles. The maximum atomic E-state index is 6.08. The van der Waals surface area contributed by atoms with Gasteiger partial charge in [-0.05, 0) is 39.2 Å². The van der Waals surface area contributed by atoms with Crippen molar-refractivity contribution in [3.8, 4) is 0 Å². The van der Waals surface area contributed by atoms with Gasteiger partial charge < -0.3 is 5.73 Å². The predicted molar refractivity (Wildman–Crippen MR) is 73.1 cm³/mol. The van der Waals surface area contributed by atoms with Crippen LogP contribution >= 0.6 is 0 Å². The molecular formula is C14H29N3. The summed E-state index contributed by atoms with van der Waals surface area (Å²) in [6, 6.07) is 1.43. The first-order valence-electron chi connectivity index (χ1n) is 7.20. The SMILES string of the molecule is CC1CN2CCCC2CN1C(C)(CN)C(C)C. The first-order chi connectivity index (χ1) is 7.99. The maximum absolute atomic E-state index is 6.08. The highest BCUT2D eigenvalue weighted by Crippen LogP contribution is 2.32. The summed E-state index contributed by atoms with van der Waals surface area (Å²) in [6.45, 7) is 13.8. The second kappa shape index (κ2) is 4.87. The van der Waals surface area contributed by atoms with Crippen LogP contribution < -0.4 is 5.73 Å². The lowest BCUT2D eigenvalue weighted by Gasteiger charge is -2.52. The standard InChI is InChI=1S/C14H29N3/c1-11(2)14(4,10-15)17-9-13-6-5-7-16(13)8-12(17)3/h11-13H,5-10,15H2,1-4H3. The van der Waals surface area contributed by atoms with Crippen molar-refractivity contribution in [2.45, 2.75) is 58.2 Å². The van der Waals surface area contributed by atoms with Crippen LogP contribution in [0.15, 0.2) is 0 Å². The molecule has 2 N–H and O–H groups in total. The Balaban J connectivity index is 2.14. The van der Waals surface area contributed by atoms with Gasteiger partial charge in [0.05, 0.1) is 0 Å². The average molecular weight is 239 g/mol. The van der Waals surface area contributed by atoms with Crippen LogP contribution in [0.4, 0.5) is 0 Å². The Bertz CT molecular complexity index is 266. The molecule has 0 bridgehead atoms. The van der Waals surface area contributed by atoms with Crippen molar-refractivity contribution in [1.82, 2.24) is 9.80 Å². The number of nitrogens with zero attached hydrogens (tertiary/aromatic N) is 2. The average Bonchev–Trinajstić information content (AvgIpc) is 2.73. The van der Waals surface area contributed by atoms with Crippen LogP contribution in [0.2, 0.25) is 0 Å². The molecule has 2 rings (SSSR count). The second-order valence-corrected chi connectivity index (χ2v) is 6.51. The molecule has 2 aliphatic rings. The zero-order valence-electron chi connectivity index (χ0n) is 11.9. The van der Waals surface area contributed by atoms with Crippen molar-refractivity contribution in [1.29, 1.82) is 0 Å². The normalized spacial score (nSPS) is 34.9. The molecule has 100 valence electrons. The minimum Gasteiger partial charge on any atom is -0.329 e. The van der Waals surface area contributed by atoms with Crippen LogP contribution in [0.3, 0.4) is 0 Å². The fourth-order valence-corrected chi connectivity index (χ4v) is 3.58. The number of piperazine rings is 1. The number of rotatable bonds is 3.